The minimum absolute atomic E-state index is 0.0554. The molecule has 0 N–H and O–H groups in total. The van der Waals surface area contributed by atoms with Crippen LogP contribution in [0.2, 0.25) is 0 Å². The van der Waals surface area contributed by atoms with Crippen molar-refractivity contribution in [3.8, 4) is 0 Å². The van der Waals surface area contributed by atoms with Gasteiger partial charge in [0.15, 0.2) is 0 Å². The van der Waals surface area contributed by atoms with Gasteiger partial charge < -0.3 is 19.4 Å². The minimum atomic E-state index is -5.64. The maximum Gasteiger partial charge on any atom is 0.410 e. The summed E-state index contributed by atoms with van der Waals surface area (Å²) in [5.74, 6) is -17.1. The number of alkyl halides is 4. The molecule has 5 nitrogen and oxygen atoms in total. The Kier molecular flexibility index (Phi) is 3.04. The molecule has 2 aliphatic heterocycles. The zero-order valence-electron chi connectivity index (χ0n) is 9.15. The molecule has 3 unspecified atom stereocenters. The Morgan fingerprint density at radius 3 is 2.26 bits per heavy atom. The van der Waals surface area contributed by atoms with E-state index < -0.39 is 42.1 Å². The molecule has 2 bridgehead atoms. The van der Waals surface area contributed by atoms with E-state index in [2.05, 4.69) is 4.74 Å². The number of halogens is 4. The van der Waals surface area contributed by atoms with Gasteiger partial charge in [-0.15, -0.1) is 0 Å². The monoisotopic (exact) mass is 283 g/mol. The number of carbonyl (C=O) groups excluding carboxylic acids is 2. The van der Waals surface area contributed by atoms with Crippen LogP contribution in [-0.2, 0) is 19.1 Å². The number of hydrogen-bond acceptors (Lipinski definition) is 5. The molecule has 0 aromatic heterocycles. The zero-order chi connectivity index (χ0) is 14.4. The molecule has 0 amide bonds. The molecule has 2 heterocycles. The van der Waals surface area contributed by atoms with Crippen LogP contribution in [0.25, 0.3) is 0 Å². The van der Waals surface area contributed by atoms with E-state index in [1.54, 1.807) is 6.08 Å². The van der Waals surface area contributed by atoms with Gasteiger partial charge in [0.2, 0.25) is 0 Å². The summed E-state index contributed by atoms with van der Waals surface area (Å²) in [4.78, 5) is 21.0. The average Bonchev–Trinajstić information content (AvgIpc) is 2.90. The summed E-state index contributed by atoms with van der Waals surface area (Å²) in [7, 11) is 0. The van der Waals surface area contributed by atoms with Gasteiger partial charge in [-0.1, -0.05) is 12.2 Å². The number of ether oxygens (including phenoxy) is 2. The summed E-state index contributed by atoms with van der Waals surface area (Å²) in [6.07, 6.45) is 0.787. The van der Waals surface area contributed by atoms with Crippen LogP contribution in [0.5, 0.6) is 0 Å². The lowest BCUT2D eigenvalue weighted by Gasteiger charge is -2.27. The van der Waals surface area contributed by atoms with E-state index >= 15 is 0 Å². The van der Waals surface area contributed by atoms with E-state index in [0.29, 0.717) is 0 Å². The van der Waals surface area contributed by atoms with Gasteiger partial charge >= 0.3 is 17.8 Å². The zero-order valence-corrected chi connectivity index (χ0v) is 9.15. The summed E-state index contributed by atoms with van der Waals surface area (Å²) < 4.78 is 60.7. The van der Waals surface area contributed by atoms with Crippen LogP contribution in [0, 0.1) is 0 Å². The van der Waals surface area contributed by atoms with Crippen molar-refractivity contribution in [2.24, 2.45) is 0 Å². The van der Waals surface area contributed by atoms with Crippen LogP contribution in [0.4, 0.5) is 17.6 Å². The van der Waals surface area contributed by atoms with Crippen LogP contribution in [-0.4, -0.2) is 42.1 Å². The highest BCUT2D eigenvalue weighted by Crippen LogP contribution is 2.37. The highest BCUT2D eigenvalue weighted by molar-refractivity contribution is 5.88. The molecular weight excluding hydrogens is 276 g/mol. The molecule has 1 fully saturated rings. The number of aliphatic carboxylic acids is 1. The molecule has 3 atom stereocenters. The predicted octanol–water partition coefficient (Wildman–Crippen LogP) is -0.354. The Bertz CT molecular complexity index is 447. The lowest BCUT2D eigenvalue weighted by molar-refractivity contribution is -0.346. The van der Waals surface area contributed by atoms with E-state index in [1.165, 1.54) is 6.08 Å². The molecule has 9 heteroatoms. The van der Waals surface area contributed by atoms with Gasteiger partial charge in [0, 0.05) is 6.42 Å². The predicted molar refractivity (Wildman–Crippen MR) is 47.2 cm³/mol. The fourth-order valence-electron chi connectivity index (χ4n) is 1.82. The van der Waals surface area contributed by atoms with Crippen molar-refractivity contribution in [3.63, 3.8) is 0 Å². The maximum absolute atomic E-state index is 13.0. The maximum atomic E-state index is 13.0. The second-order valence-electron chi connectivity index (χ2n) is 4.14. The van der Waals surface area contributed by atoms with Crippen molar-refractivity contribution in [1.82, 2.24) is 0 Å². The summed E-state index contributed by atoms with van der Waals surface area (Å²) in [6, 6.07) is 0. The fourth-order valence-corrected chi connectivity index (χ4v) is 1.82. The summed E-state index contributed by atoms with van der Waals surface area (Å²) in [5.41, 5.74) is 0. The number of carboxylic acids is 1. The van der Waals surface area contributed by atoms with Gasteiger partial charge in [-0.25, -0.2) is 4.79 Å². The third-order valence-electron chi connectivity index (χ3n) is 2.84. The standard InChI is InChI=1S/C10H8F4O5/c11-9(12,7(15)16)10(13,14)8(17)19-6-3-4-1-2-5(6)18-4/h1-2,4-6H,3H2,(H,15,16)/p-1. The average molecular weight is 283 g/mol. The van der Waals surface area contributed by atoms with Crippen molar-refractivity contribution in [3.05, 3.63) is 12.2 Å². The lowest BCUT2D eigenvalue weighted by Crippen LogP contribution is -2.58. The van der Waals surface area contributed by atoms with Crippen molar-refractivity contribution in [1.29, 1.82) is 0 Å². The molecule has 2 rings (SSSR count). The van der Waals surface area contributed by atoms with E-state index in [-0.39, 0.29) is 6.42 Å². The van der Waals surface area contributed by atoms with Crippen LogP contribution in [0.1, 0.15) is 6.42 Å². The number of esters is 1. The molecule has 0 saturated carbocycles. The van der Waals surface area contributed by atoms with Crippen LogP contribution < -0.4 is 5.11 Å². The molecule has 0 aromatic carbocycles. The number of fused-ring (bicyclic) bond motifs is 2. The molecule has 0 aliphatic carbocycles. The first-order valence-corrected chi connectivity index (χ1v) is 5.18. The Hall–Kier alpha value is -1.64. The number of carbonyl (C=O) groups is 2. The van der Waals surface area contributed by atoms with Crippen molar-refractivity contribution >= 4 is 11.9 Å². The highest BCUT2D eigenvalue weighted by Gasteiger charge is 2.65. The molecule has 19 heavy (non-hydrogen) atoms. The molecule has 0 aromatic rings. The van der Waals surface area contributed by atoms with E-state index in [1.807, 2.05) is 0 Å². The molecule has 106 valence electrons. The normalized spacial score (nSPS) is 29.6. The summed E-state index contributed by atoms with van der Waals surface area (Å²) in [5, 5.41) is 9.95. The molecule has 2 aliphatic rings. The number of carboxylic acid groups (broad SMARTS) is 1. The second kappa shape index (κ2) is 4.19. The van der Waals surface area contributed by atoms with Gasteiger partial charge in [0.05, 0.1) is 6.10 Å². The number of hydrogen-bond donors (Lipinski definition) is 0. The molecule has 0 spiro atoms. The van der Waals surface area contributed by atoms with Gasteiger partial charge in [0.1, 0.15) is 18.2 Å². The van der Waals surface area contributed by atoms with Crippen molar-refractivity contribution < 1.29 is 41.7 Å². The quantitative estimate of drug-likeness (QED) is 0.400. The SMILES string of the molecule is O=C([O-])C(F)(F)C(F)(F)C(=O)OC1CC2C=CC1O2. The van der Waals surface area contributed by atoms with Crippen LogP contribution in [0.15, 0.2) is 12.2 Å². The highest BCUT2D eigenvalue weighted by atomic mass is 19.3. The van der Waals surface area contributed by atoms with Crippen LogP contribution in [0.3, 0.4) is 0 Å². The van der Waals surface area contributed by atoms with E-state index in [4.69, 9.17) is 4.74 Å². The Labute approximate surface area is 103 Å². The first-order valence-electron chi connectivity index (χ1n) is 5.18. The Morgan fingerprint density at radius 2 is 1.84 bits per heavy atom. The Morgan fingerprint density at radius 1 is 1.21 bits per heavy atom. The summed E-state index contributed by atoms with van der Waals surface area (Å²) in [6.45, 7) is 0. The third-order valence-corrected chi connectivity index (χ3v) is 2.84. The lowest BCUT2D eigenvalue weighted by atomic mass is 10.0. The van der Waals surface area contributed by atoms with Crippen molar-refractivity contribution in [2.75, 3.05) is 0 Å². The van der Waals surface area contributed by atoms with Gasteiger partial charge in [-0.3, -0.25) is 0 Å². The first-order chi connectivity index (χ1) is 8.66. The third kappa shape index (κ3) is 2.07. The number of rotatable bonds is 4. The smallest absolute Gasteiger partial charge is 0.410 e. The first kappa shape index (κ1) is 13.8. The molecular formula is C10H7F4O5-. The second-order valence-corrected chi connectivity index (χ2v) is 4.14. The molecule has 1 saturated heterocycles. The molecule has 0 radical (unpaired) electrons. The minimum Gasteiger partial charge on any atom is -0.544 e. The van der Waals surface area contributed by atoms with Gasteiger partial charge in [0.25, 0.3) is 0 Å². The van der Waals surface area contributed by atoms with Gasteiger partial charge in [-0.2, -0.15) is 17.6 Å². The van der Waals surface area contributed by atoms with E-state index in [0.717, 1.165) is 0 Å². The fraction of sp³-hybridized carbons (Fsp3) is 0.600. The van der Waals surface area contributed by atoms with E-state index in [9.17, 15) is 32.3 Å². The Balaban J connectivity index is 2.07. The van der Waals surface area contributed by atoms with Gasteiger partial charge in [-0.05, 0) is 0 Å². The van der Waals surface area contributed by atoms with Crippen LogP contribution >= 0.6 is 0 Å². The largest absolute Gasteiger partial charge is 0.544 e. The summed E-state index contributed by atoms with van der Waals surface area (Å²) >= 11 is 0. The topological polar surface area (TPSA) is 75.7 Å². The van der Waals surface area contributed by atoms with Crippen molar-refractivity contribution in [2.45, 2.75) is 36.6 Å².